The Morgan fingerprint density at radius 2 is 1.90 bits per heavy atom. The van der Waals surface area contributed by atoms with Gasteiger partial charge in [-0.1, -0.05) is 23.4 Å². The fraction of sp³-hybridized carbons (Fsp3) is 0.0952. The fourth-order valence-electron chi connectivity index (χ4n) is 3.08. The summed E-state index contributed by atoms with van der Waals surface area (Å²) in [6.07, 6.45) is 2.42. The van der Waals surface area contributed by atoms with Gasteiger partial charge in [0.05, 0.1) is 41.5 Å². The standard InChI is InChI=1S/C21H16N8O/c1-13-14(9-22)4-2-7-17(13)18-8-19(26-21(23)25-18)20-11-29(28-27-20)10-15-5-3-6-16(12-30)24-15/h2-8,11-12H,10H2,1H3,(H2,23,25,26). The highest BCUT2D eigenvalue weighted by Crippen LogP contribution is 2.27. The van der Waals surface area contributed by atoms with E-state index in [2.05, 4.69) is 31.3 Å². The number of rotatable bonds is 5. The summed E-state index contributed by atoms with van der Waals surface area (Å²) in [6, 6.07) is 14.6. The van der Waals surface area contributed by atoms with Gasteiger partial charge in [0.1, 0.15) is 11.4 Å². The van der Waals surface area contributed by atoms with Crippen LogP contribution in [0.15, 0.2) is 48.7 Å². The van der Waals surface area contributed by atoms with Gasteiger partial charge in [0.2, 0.25) is 5.95 Å². The minimum atomic E-state index is 0.0964. The normalized spacial score (nSPS) is 10.5. The van der Waals surface area contributed by atoms with Crippen LogP contribution in [0.25, 0.3) is 22.6 Å². The maximum absolute atomic E-state index is 10.9. The molecule has 2 N–H and O–H groups in total. The Bertz CT molecular complexity index is 1290. The lowest BCUT2D eigenvalue weighted by Crippen LogP contribution is -2.03. The van der Waals surface area contributed by atoms with Crippen molar-refractivity contribution in [2.24, 2.45) is 0 Å². The van der Waals surface area contributed by atoms with E-state index in [4.69, 9.17) is 5.73 Å². The average Bonchev–Trinajstić information content (AvgIpc) is 3.22. The largest absolute Gasteiger partial charge is 0.368 e. The van der Waals surface area contributed by atoms with Gasteiger partial charge in [0.25, 0.3) is 0 Å². The molecule has 0 spiro atoms. The molecule has 9 heteroatoms. The van der Waals surface area contributed by atoms with E-state index in [9.17, 15) is 10.1 Å². The molecular formula is C21H16N8O. The van der Waals surface area contributed by atoms with Gasteiger partial charge in [-0.05, 0) is 36.8 Å². The van der Waals surface area contributed by atoms with E-state index in [0.717, 1.165) is 11.1 Å². The number of hydrogen-bond donors (Lipinski definition) is 1. The summed E-state index contributed by atoms with van der Waals surface area (Å²) in [4.78, 5) is 23.7. The molecule has 0 saturated carbocycles. The number of benzene rings is 1. The number of nitrogen functional groups attached to an aromatic ring is 1. The van der Waals surface area contributed by atoms with Crippen molar-refractivity contribution in [3.63, 3.8) is 0 Å². The van der Waals surface area contributed by atoms with Crippen LogP contribution >= 0.6 is 0 Å². The summed E-state index contributed by atoms with van der Waals surface area (Å²) < 4.78 is 1.60. The first kappa shape index (κ1) is 18.9. The zero-order chi connectivity index (χ0) is 21.1. The van der Waals surface area contributed by atoms with Gasteiger partial charge < -0.3 is 5.73 Å². The molecule has 3 aromatic heterocycles. The highest BCUT2D eigenvalue weighted by molar-refractivity contribution is 5.72. The fourth-order valence-corrected chi connectivity index (χ4v) is 3.08. The first-order chi connectivity index (χ1) is 14.6. The van der Waals surface area contributed by atoms with Crippen LogP contribution in [0, 0.1) is 18.3 Å². The summed E-state index contributed by atoms with van der Waals surface area (Å²) in [5.74, 6) is 0.0964. The maximum Gasteiger partial charge on any atom is 0.221 e. The second kappa shape index (κ2) is 7.89. The van der Waals surface area contributed by atoms with Crippen LogP contribution in [0.5, 0.6) is 0 Å². The van der Waals surface area contributed by atoms with E-state index in [1.165, 1.54) is 0 Å². The van der Waals surface area contributed by atoms with E-state index in [1.807, 2.05) is 13.0 Å². The van der Waals surface area contributed by atoms with E-state index < -0.39 is 0 Å². The number of carbonyl (C=O) groups is 1. The molecule has 1 aromatic carbocycles. The highest BCUT2D eigenvalue weighted by Gasteiger charge is 2.13. The van der Waals surface area contributed by atoms with Gasteiger partial charge >= 0.3 is 0 Å². The number of nitriles is 1. The van der Waals surface area contributed by atoms with Crippen molar-refractivity contribution >= 4 is 12.2 Å². The van der Waals surface area contributed by atoms with Gasteiger partial charge in [-0.2, -0.15) is 5.26 Å². The third kappa shape index (κ3) is 3.74. The lowest BCUT2D eigenvalue weighted by molar-refractivity contribution is 0.111. The van der Waals surface area contributed by atoms with Crippen molar-refractivity contribution in [1.82, 2.24) is 29.9 Å². The van der Waals surface area contributed by atoms with Crippen LogP contribution in [0.3, 0.4) is 0 Å². The van der Waals surface area contributed by atoms with Gasteiger partial charge in [0, 0.05) is 5.56 Å². The van der Waals surface area contributed by atoms with Gasteiger partial charge in [-0.3, -0.25) is 4.79 Å². The predicted octanol–water partition coefficient (Wildman–Crippen LogP) is 2.42. The first-order valence-electron chi connectivity index (χ1n) is 9.03. The lowest BCUT2D eigenvalue weighted by Gasteiger charge is -2.08. The minimum Gasteiger partial charge on any atom is -0.368 e. The van der Waals surface area contributed by atoms with Gasteiger partial charge in [0.15, 0.2) is 6.29 Å². The number of carbonyl (C=O) groups excluding carboxylic acids is 1. The van der Waals surface area contributed by atoms with Crippen LogP contribution in [-0.2, 0) is 6.54 Å². The lowest BCUT2D eigenvalue weighted by atomic mass is 10.00. The third-order valence-electron chi connectivity index (χ3n) is 4.55. The van der Waals surface area contributed by atoms with Crippen LogP contribution in [0.2, 0.25) is 0 Å². The molecule has 4 rings (SSSR count). The average molecular weight is 396 g/mol. The van der Waals surface area contributed by atoms with Crippen molar-refractivity contribution < 1.29 is 4.79 Å². The van der Waals surface area contributed by atoms with Gasteiger partial charge in [-0.15, -0.1) is 5.10 Å². The second-order valence-electron chi connectivity index (χ2n) is 6.56. The second-order valence-corrected chi connectivity index (χ2v) is 6.56. The molecule has 146 valence electrons. The molecule has 9 nitrogen and oxygen atoms in total. The Labute approximate surface area is 171 Å². The molecule has 0 aliphatic rings. The zero-order valence-corrected chi connectivity index (χ0v) is 16.0. The van der Waals surface area contributed by atoms with E-state index in [1.54, 1.807) is 47.3 Å². The zero-order valence-electron chi connectivity index (χ0n) is 16.0. The number of hydrogen-bond acceptors (Lipinski definition) is 8. The molecule has 0 radical (unpaired) electrons. The number of pyridine rings is 1. The molecule has 3 heterocycles. The Morgan fingerprint density at radius 1 is 1.10 bits per heavy atom. The smallest absolute Gasteiger partial charge is 0.221 e. The monoisotopic (exact) mass is 396 g/mol. The summed E-state index contributed by atoms with van der Waals surface area (Å²) in [6.45, 7) is 2.22. The number of aldehydes is 1. The summed E-state index contributed by atoms with van der Waals surface area (Å²) >= 11 is 0. The minimum absolute atomic E-state index is 0.0964. The van der Waals surface area contributed by atoms with E-state index >= 15 is 0 Å². The van der Waals surface area contributed by atoms with Crippen molar-refractivity contribution in [2.75, 3.05) is 5.73 Å². The SMILES string of the molecule is Cc1c(C#N)cccc1-c1cc(-c2cn(Cc3cccc(C=O)n3)nn2)nc(N)n1. The molecule has 0 fully saturated rings. The molecule has 0 aliphatic heterocycles. The molecule has 0 aliphatic carbocycles. The van der Waals surface area contributed by atoms with Crippen molar-refractivity contribution in [2.45, 2.75) is 13.5 Å². The molecule has 0 unspecified atom stereocenters. The number of anilines is 1. The first-order valence-corrected chi connectivity index (χ1v) is 9.03. The molecule has 0 saturated heterocycles. The van der Waals surface area contributed by atoms with Crippen molar-refractivity contribution in [1.29, 1.82) is 5.26 Å². The maximum atomic E-state index is 10.9. The number of aromatic nitrogens is 6. The molecule has 4 aromatic rings. The Balaban J connectivity index is 1.67. The van der Waals surface area contributed by atoms with Crippen molar-refractivity contribution in [3.8, 4) is 28.7 Å². The molecular weight excluding hydrogens is 380 g/mol. The molecule has 30 heavy (non-hydrogen) atoms. The van der Waals surface area contributed by atoms with E-state index in [-0.39, 0.29) is 5.95 Å². The van der Waals surface area contributed by atoms with Crippen LogP contribution in [0.4, 0.5) is 5.95 Å². The third-order valence-corrected chi connectivity index (χ3v) is 4.55. The van der Waals surface area contributed by atoms with Crippen LogP contribution < -0.4 is 5.73 Å². The van der Waals surface area contributed by atoms with Crippen LogP contribution in [-0.4, -0.2) is 36.2 Å². The molecule has 0 bridgehead atoms. The summed E-state index contributed by atoms with van der Waals surface area (Å²) in [7, 11) is 0. The van der Waals surface area contributed by atoms with E-state index in [0.29, 0.717) is 46.9 Å². The Kier molecular flexibility index (Phi) is 4.97. The Hall–Kier alpha value is -4.45. The number of nitrogens with two attached hydrogens (primary N) is 1. The van der Waals surface area contributed by atoms with Crippen LogP contribution in [0.1, 0.15) is 27.3 Å². The molecule has 0 amide bonds. The summed E-state index contributed by atoms with van der Waals surface area (Å²) in [5.41, 5.74) is 10.8. The summed E-state index contributed by atoms with van der Waals surface area (Å²) in [5, 5.41) is 17.6. The quantitative estimate of drug-likeness (QED) is 0.508. The number of nitrogens with zero attached hydrogens (tertiary/aromatic N) is 7. The topological polar surface area (TPSA) is 136 Å². The highest BCUT2D eigenvalue weighted by atomic mass is 16.1. The molecule has 0 atom stereocenters. The van der Waals surface area contributed by atoms with Gasteiger partial charge in [-0.25, -0.2) is 19.6 Å². The Morgan fingerprint density at radius 3 is 2.70 bits per heavy atom. The van der Waals surface area contributed by atoms with Crippen molar-refractivity contribution in [3.05, 3.63) is 71.2 Å². The predicted molar refractivity (Wildman–Crippen MR) is 109 cm³/mol.